The zero-order valence-corrected chi connectivity index (χ0v) is 16.4. The minimum absolute atomic E-state index is 0.284. The van der Waals surface area contributed by atoms with Gasteiger partial charge < -0.3 is 10.4 Å². The predicted molar refractivity (Wildman–Crippen MR) is 98.0 cm³/mol. The molecule has 0 spiro atoms. The maximum atomic E-state index is 13.5. The lowest BCUT2D eigenvalue weighted by Crippen LogP contribution is -2.45. The molecule has 0 saturated heterocycles. The molecule has 2 heterocycles. The molecular weight excluding hydrogens is 399 g/mol. The van der Waals surface area contributed by atoms with Gasteiger partial charge in [0.05, 0.1) is 12.1 Å². The Labute approximate surface area is 162 Å². The summed E-state index contributed by atoms with van der Waals surface area (Å²) in [6.07, 6.45) is -0.169. The van der Waals surface area contributed by atoms with Crippen molar-refractivity contribution in [2.45, 2.75) is 63.6 Å². The summed E-state index contributed by atoms with van der Waals surface area (Å²) in [7, 11) is 0. The van der Waals surface area contributed by atoms with Gasteiger partial charge in [-0.3, -0.25) is 4.79 Å². The van der Waals surface area contributed by atoms with Gasteiger partial charge in [0.15, 0.2) is 5.13 Å². The van der Waals surface area contributed by atoms with E-state index in [0.717, 1.165) is 49.1 Å². The third kappa shape index (κ3) is 4.49. The Balaban J connectivity index is 1.76. The molecule has 0 fully saturated rings. The summed E-state index contributed by atoms with van der Waals surface area (Å²) in [4.78, 5) is 21.5. The summed E-state index contributed by atoms with van der Waals surface area (Å²) in [6, 6.07) is 0. The van der Waals surface area contributed by atoms with Gasteiger partial charge in [0, 0.05) is 16.0 Å². The predicted octanol–water partition coefficient (Wildman–Crippen LogP) is 4.35. The number of hydrogen-bond acceptors (Lipinski definition) is 6. The number of thiazole rings is 2. The van der Waals surface area contributed by atoms with Crippen molar-refractivity contribution < 1.29 is 23.1 Å². The van der Waals surface area contributed by atoms with E-state index in [-0.39, 0.29) is 5.13 Å². The molecule has 1 aliphatic rings. The van der Waals surface area contributed by atoms with Crippen LogP contribution in [-0.2, 0) is 23.2 Å². The lowest BCUT2D eigenvalue weighted by molar-refractivity contribution is -0.266. The van der Waals surface area contributed by atoms with E-state index in [9.17, 15) is 23.1 Å². The number of fused-ring (bicyclic) bond motifs is 1. The van der Waals surface area contributed by atoms with Gasteiger partial charge in [-0.05, 0) is 32.6 Å². The van der Waals surface area contributed by atoms with Crippen LogP contribution in [0.5, 0.6) is 0 Å². The Morgan fingerprint density at radius 3 is 2.56 bits per heavy atom. The minimum Gasteiger partial charge on any atom is -0.374 e. The number of carbonyl (C=O) groups excluding carboxylic acids is 1. The molecule has 1 atom stereocenters. The highest BCUT2D eigenvalue weighted by Crippen LogP contribution is 2.43. The fourth-order valence-corrected chi connectivity index (χ4v) is 4.98. The zero-order chi connectivity index (χ0) is 19.7. The molecule has 1 amide bonds. The first kappa shape index (κ1) is 20.2. The van der Waals surface area contributed by atoms with Gasteiger partial charge in [0.25, 0.3) is 0 Å². The van der Waals surface area contributed by atoms with Crippen LogP contribution in [0.2, 0.25) is 0 Å². The number of amides is 1. The molecule has 2 aromatic heterocycles. The second-order valence-corrected chi connectivity index (χ2v) is 8.62. The van der Waals surface area contributed by atoms with Gasteiger partial charge >= 0.3 is 6.18 Å². The largest absolute Gasteiger partial charge is 0.424 e. The maximum absolute atomic E-state index is 13.5. The Kier molecular flexibility index (Phi) is 5.87. The van der Waals surface area contributed by atoms with Crippen molar-refractivity contribution in [1.82, 2.24) is 9.97 Å². The molecule has 10 heteroatoms. The Hall–Kier alpha value is -1.52. The highest BCUT2D eigenvalue weighted by Gasteiger charge is 2.58. The van der Waals surface area contributed by atoms with E-state index in [4.69, 9.17) is 0 Å². The van der Waals surface area contributed by atoms with Crippen LogP contribution in [0.4, 0.5) is 18.3 Å². The molecule has 0 saturated carbocycles. The van der Waals surface area contributed by atoms with Crippen LogP contribution in [-0.4, -0.2) is 27.2 Å². The van der Waals surface area contributed by atoms with Crippen molar-refractivity contribution >= 4 is 33.7 Å². The van der Waals surface area contributed by atoms with E-state index in [2.05, 4.69) is 15.3 Å². The van der Waals surface area contributed by atoms with Gasteiger partial charge in [0.2, 0.25) is 11.5 Å². The zero-order valence-electron chi connectivity index (χ0n) is 14.7. The van der Waals surface area contributed by atoms with E-state index in [0.29, 0.717) is 17.0 Å². The second-order valence-electron chi connectivity index (χ2n) is 6.68. The van der Waals surface area contributed by atoms with Crippen molar-refractivity contribution in [2.75, 3.05) is 5.32 Å². The number of carbonyl (C=O) groups is 1. The van der Waals surface area contributed by atoms with E-state index < -0.39 is 29.1 Å². The van der Waals surface area contributed by atoms with Crippen molar-refractivity contribution in [3.05, 3.63) is 26.7 Å². The summed E-state index contributed by atoms with van der Waals surface area (Å²) in [5.41, 5.74) is -2.04. The van der Waals surface area contributed by atoms with Crippen LogP contribution in [0.3, 0.4) is 0 Å². The topological polar surface area (TPSA) is 75.1 Å². The number of aliphatic hydroxyl groups is 1. The lowest BCUT2D eigenvalue weighted by atomic mass is 9.99. The molecule has 148 valence electrons. The molecule has 27 heavy (non-hydrogen) atoms. The maximum Gasteiger partial charge on any atom is 0.424 e. The molecule has 0 bridgehead atoms. The average Bonchev–Trinajstić information content (AvgIpc) is 3.13. The van der Waals surface area contributed by atoms with Gasteiger partial charge in [0.1, 0.15) is 5.01 Å². The van der Waals surface area contributed by atoms with E-state index in [1.165, 1.54) is 23.6 Å². The highest BCUT2D eigenvalue weighted by atomic mass is 32.1. The van der Waals surface area contributed by atoms with Gasteiger partial charge in [-0.25, -0.2) is 9.97 Å². The summed E-state index contributed by atoms with van der Waals surface area (Å²) in [5, 5.41) is 13.9. The number of aryl methyl sites for hydroxylation is 3. The van der Waals surface area contributed by atoms with Crippen molar-refractivity contribution in [3.63, 3.8) is 0 Å². The number of rotatable bonds is 4. The first-order valence-electron chi connectivity index (χ1n) is 8.69. The standard InChI is InChI=1S/C17H20F3N3O2S2/c1-10-9-26-14(21-10)16(25,17(18,19)20)8-13(24)23-15-22-11-6-4-2-3-5-7-12(11)27-15/h9,25H,2-8H2,1H3,(H,22,23,24)/t16-/m1/s1. The van der Waals surface area contributed by atoms with Crippen LogP contribution in [0.15, 0.2) is 5.38 Å². The number of alkyl halides is 3. The second kappa shape index (κ2) is 7.84. The number of halogens is 3. The van der Waals surface area contributed by atoms with Crippen LogP contribution < -0.4 is 5.32 Å². The molecule has 2 N–H and O–H groups in total. The van der Waals surface area contributed by atoms with Crippen LogP contribution >= 0.6 is 22.7 Å². The summed E-state index contributed by atoms with van der Waals surface area (Å²) < 4.78 is 40.5. The molecule has 0 aliphatic heterocycles. The SMILES string of the molecule is Cc1csc([C@](O)(CC(=O)Nc2nc3c(s2)CCCCCC3)C(F)(F)F)n1. The molecule has 0 aromatic carbocycles. The van der Waals surface area contributed by atoms with E-state index in [1.54, 1.807) is 0 Å². The van der Waals surface area contributed by atoms with Crippen molar-refractivity contribution in [3.8, 4) is 0 Å². The third-order valence-corrected chi connectivity index (χ3v) is 6.63. The van der Waals surface area contributed by atoms with Gasteiger partial charge in [-0.1, -0.05) is 12.8 Å². The van der Waals surface area contributed by atoms with Crippen molar-refractivity contribution in [2.24, 2.45) is 0 Å². The summed E-state index contributed by atoms with van der Waals surface area (Å²) in [6.45, 7) is 1.53. The fourth-order valence-electron chi connectivity index (χ4n) is 3.00. The van der Waals surface area contributed by atoms with Crippen LogP contribution in [0.25, 0.3) is 0 Å². The molecule has 5 nitrogen and oxygen atoms in total. The smallest absolute Gasteiger partial charge is 0.374 e. The van der Waals surface area contributed by atoms with E-state index >= 15 is 0 Å². The minimum atomic E-state index is -5.02. The van der Waals surface area contributed by atoms with Crippen LogP contribution in [0, 0.1) is 6.92 Å². The molecule has 1 aliphatic carbocycles. The first-order valence-corrected chi connectivity index (χ1v) is 10.4. The molecular formula is C17H20F3N3O2S2. The summed E-state index contributed by atoms with van der Waals surface area (Å²) >= 11 is 1.98. The summed E-state index contributed by atoms with van der Waals surface area (Å²) in [5.74, 6) is -0.940. The monoisotopic (exact) mass is 419 g/mol. The highest BCUT2D eigenvalue weighted by molar-refractivity contribution is 7.15. The van der Waals surface area contributed by atoms with E-state index in [1.807, 2.05) is 0 Å². The Morgan fingerprint density at radius 2 is 1.93 bits per heavy atom. The normalized spacial score (nSPS) is 17.5. The Morgan fingerprint density at radius 1 is 1.22 bits per heavy atom. The number of hydrogen-bond donors (Lipinski definition) is 2. The van der Waals surface area contributed by atoms with Gasteiger partial charge in [-0.15, -0.1) is 22.7 Å². The first-order chi connectivity index (χ1) is 12.7. The number of nitrogens with one attached hydrogen (secondary N) is 1. The molecule has 0 radical (unpaired) electrons. The molecule has 3 rings (SSSR count). The fraction of sp³-hybridized carbons (Fsp3) is 0.588. The molecule has 2 aromatic rings. The quantitative estimate of drug-likeness (QED) is 0.773. The number of anilines is 1. The number of aromatic nitrogens is 2. The lowest BCUT2D eigenvalue weighted by Gasteiger charge is -2.27. The average molecular weight is 419 g/mol. The Bertz CT molecular complexity index is 793. The van der Waals surface area contributed by atoms with Gasteiger partial charge in [-0.2, -0.15) is 13.2 Å². The van der Waals surface area contributed by atoms with Crippen LogP contribution in [0.1, 0.15) is 53.4 Å². The van der Waals surface area contributed by atoms with Crippen molar-refractivity contribution in [1.29, 1.82) is 0 Å². The number of nitrogens with zero attached hydrogens (tertiary/aromatic N) is 2. The third-order valence-electron chi connectivity index (χ3n) is 4.45. The molecule has 0 unspecified atom stereocenters.